The van der Waals surface area contributed by atoms with Crippen LogP contribution in [0, 0.1) is 0 Å². The highest BCUT2D eigenvalue weighted by Gasteiger charge is 2.26. The molecule has 2 aromatic rings. The van der Waals surface area contributed by atoms with Crippen molar-refractivity contribution in [2.24, 2.45) is 0 Å². The predicted octanol–water partition coefficient (Wildman–Crippen LogP) is 2.29. The van der Waals surface area contributed by atoms with E-state index in [-0.39, 0.29) is 17.1 Å². The molecule has 0 aliphatic heterocycles. The van der Waals surface area contributed by atoms with Crippen molar-refractivity contribution in [3.8, 4) is 11.5 Å². The Labute approximate surface area is 129 Å². The van der Waals surface area contributed by atoms with Gasteiger partial charge in [0.05, 0.1) is 17.7 Å². The third-order valence-electron chi connectivity index (χ3n) is 3.74. The van der Waals surface area contributed by atoms with E-state index in [1.165, 1.54) is 17.0 Å². The quantitative estimate of drug-likeness (QED) is 0.809. The van der Waals surface area contributed by atoms with Crippen LogP contribution in [-0.4, -0.2) is 39.2 Å². The molecule has 0 spiro atoms. The number of hydrogen-bond acceptors (Lipinski definition) is 4. The lowest BCUT2D eigenvalue weighted by atomic mass is 10.0. The second-order valence-corrected chi connectivity index (χ2v) is 5.21. The second kappa shape index (κ2) is 6.49. The molecule has 0 aromatic heterocycles. The van der Waals surface area contributed by atoms with Crippen molar-refractivity contribution >= 4 is 5.91 Å². The van der Waals surface area contributed by atoms with Crippen LogP contribution in [0.15, 0.2) is 48.5 Å². The molecule has 0 radical (unpaired) electrons. The lowest BCUT2D eigenvalue weighted by molar-refractivity contribution is 0.0484. The molecule has 2 atom stereocenters. The number of amides is 1. The van der Waals surface area contributed by atoms with Gasteiger partial charge in [0, 0.05) is 13.1 Å². The Morgan fingerprint density at radius 3 is 2.32 bits per heavy atom. The highest BCUT2D eigenvalue weighted by molar-refractivity contribution is 5.97. The molecule has 3 N–H and O–H groups in total. The molecule has 0 fully saturated rings. The fraction of sp³-hybridized carbons (Fsp3) is 0.235. The maximum absolute atomic E-state index is 12.4. The summed E-state index contributed by atoms with van der Waals surface area (Å²) in [6, 6.07) is 12.4. The molecule has 5 heteroatoms. The van der Waals surface area contributed by atoms with Crippen LogP contribution in [-0.2, 0) is 0 Å². The van der Waals surface area contributed by atoms with E-state index in [9.17, 15) is 20.1 Å². The summed E-state index contributed by atoms with van der Waals surface area (Å²) in [4.78, 5) is 13.8. The van der Waals surface area contributed by atoms with Crippen LogP contribution in [0.25, 0.3) is 0 Å². The van der Waals surface area contributed by atoms with Gasteiger partial charge in [-0.25, -0.2) is 0 Å². The topological polar surface area (TPSA) is 81.0 Å². The Morgan fingerprint density at radius 1 is 1.09 bits per heavy atom. The summed E-state index contributed by atoms with van der Waals surface area (Å²) in [5.41, 5.74) is 0.789. The largest absolute Gasteiger partial charge is 0.508 e. The van der Waals surface area contributed by atoms with Gasteiger partial charge in [-0.15, -0.1) is 0 Å². The van der Waals surface area contributed by atoms with E-state index in [1.807, 2.05) is 18.2 Å². The van der Waals surface area contributed by atoms with Gasteiger partial charge in [-0.05, 0) is 24.6 Å². The first-order chi connectivity index (χ1) is 10.4. The van der Waals surface area contributed by atoms with Crippen LogP contribution in [0.5, 0.6) is 11.5 Å². The summed E-state index contributed by atoms with van der Waals surface area (Å²) < 4.78 is 0. The zero-order valence-corrected chi connectivity index (χ0v) is 12.5. The molecule has 116 valence electrons. The van der Waals surface area contributed by atoms with E-state index < -0.39 is 18.1 Å². The first kappa shape index (κ1) is 15.9. The number of likely N-dealkylation sites (N-methyl/N-ethyl adjacent to an activating group) is 1. The number of phenolic OH excluding ortho intramolecular Hbond substituents is 2. The van der Waals surface area contributed by atoms with Crippen molar-refractivity contribution in [2.45, 2.75) is 19.1 Å². The number of carbonyl (C=O) groups excluding carboxylic acids is 1. The minimum Gasteiger partial charge on any atom is -0.508 e. The summed E-state index contributed by atoms with van der Waals surface area (Å²) in [7, 11) is 1.56. The van der Waals surface area contributed by atoms with Crippen LogP contribution in [0.3, 0.4) is 0 Å². The van der Waals surface area contributed by atoms with Crippen molar-refractivity contribution < 1.29 is 20.1 Å². The molecule has 0 saturated heterocycles. The van der Waals surface area contributed by atoms with E-state index in [1.54, 1.807) is 26.1 Å². The lowest BCUT2D eigenvalue weighted by Crippen LogP contribution is -2.39. The molecule has 2 unspecified atom stereocenters. The van der Waals surface area contributed by atoms with Crippen LogP contribution < -0.4 is 0 Å². The van der Waals surface area contributed by atoms with E-state index in [4.69, 9.17) is 0 Å². The van der Waals surface area contributed by atoms with Crippen LogP contribution in [0.2, 0.25) is 0 Å². The van der Waals surface area contributed by atoms with E-state index >= 15 is 0 Å². The molecular weight excluding hydrogens is 282 g/mol. The molecule has 22 heavy (non-hydrogen) atoms. The average molecular weight is 301 g/mol. The van der Waals surface area contributed by atoms with Gasteiger partial charge in [-0.2, -0.15) is 0 Å². The van der Waals surface area contributed by atoms with Gasteiger partial charge in [0.1, 0.15) is 11.5 Å². The van der Waals surface area contributed by atoms with E-state index in [2.05, 4.69) is 0 Å². The van der Waals surface area contributed by atoms with Gasteiger partial charge in [-0.1, -0.05) is 30.3 Å². The molecule has 5 nitrogen and oxygen atoms in total. The fourth-order valence-corrected chi connectivity index (χ4v) is 2.22. The standard InChI is InChI=1S/C17H19NO4/c1-11(16(21)12-6-4-3-5-7-12)18(2)17(22)14-9-8-13(19)10-15(14)20/h3-11,16,19-21H,1-2H3. The van der Waals surface area contributed by atoms with Crippen molar-refractivity contribution in [1.82, 2.24) is 4.90 Å². The zero-order valence-electron chi connectivity index (χ0n) is 12.5. The Morgan fingerprint density at radius 2 is 1.73 bits per heavy atom. The first-order valence-electron chi connectivity index (χ1n) is 6.94. The van der Waals surface area contributed by atoms with Gasteiger partial charge in [0.25, 0.3) is 5.91 Å². The summed E-state index contributed by atoms with van der Waals surface area (Å²) in [6.45, 7) is 1.73. The molecule has 0 heterocycles. The number of rotatable bonds is 4. The Hall–Kier alpha value is -2.53. The minimum atomic E-state index is -0.839. The number of aliphatic hydroxyl groups is 1. The fourth-order valence-electron chi connectivity index (χ4n) is 2.22. The SMILES string of the molecule is CC(C(O)c1ccccc1)N(C)C(=O)c1ccc(O)cc1O. The van der Waals surface area contributed by atoms with E-state index in [0.717, 1.165) is 6.07 Å². The van der Waals surface area contributed by atoms with Crippen LogP contribution >= 0.6 is 0 Å². The molecular formula is C17H19NO4. The highest BCUT2D eigenvalue weighted by Crippen LogP contribution is 2.26. The molecule has 1 amide bonds. The summed E-state index contributed by atoms with van der Waals surface area (Å²) in [5, 5.41) is 29.4. The summed E-state index contributed by atoms with van der Waals surface area (Å²) in [5.74, 6) is -0.840. The molecule has 2 aromatic carbocycles. The van der Waals surface area contributed by atoms with Crippen molar-refractivity contribution in [3.05, 3.63) is 59.7 Å². The predicted molar refractivity (Wildman–Crippen MR) is 82.7 cm³/mol. The van der Waals surface area contributed by atoms with Crippen molar-refractivity contribution in [3.63, 3.8) is 0 Å². The number of nitrogens with zero attached hydrogens (tertiary/aromatic N) is 1. The maximum atomic E-state index is 12.4. The molecule has 0 aliphatic carbocycles. The third-order valence-corrected chi connectivity index (χ3v) is 3.74. The third kappa shape index (κ3) is 3.20. The van der Waals surface area contributed by atoms with E-state index in [0.29, 0.717) is 5.56 Å². The lowest BCUT2D eigenvalue weighted by Gasteiger charge is -2.29. The highest BCUT2D eigenvalue weighted by atomic mass is 16.3. The van der Waals surface area contributed by atoms with Crippen LogP contribution in [0.4, 0.5) is 0 Å². The number of aromatic hydroxyl groups is 2. The van der Waals surface area contributed by atoms with Gasteiger partial charge in [0.15, 0.2) is 0 Å². The normalized spacial score (nSPS) is 13.4. The average Bonchev–Trinajstić information content (AvgIpc) is 2.53. The zero-order chi connectivity index (χ0) is 16.3. The summed E-state index contributed by atoms with van der Waals surface area (Å²) in [6.07, 6.45) is -0.839. The second-order valence-electron chi connectivity index (χ2n) is 5.21. The monoisotopic (exact) mass is 301 g/mol. The molecule has 0 bridgehead atoms. The van der Waals surface area contributed by atoms with Gasteiger partial charge >= 0.3 is 0 Å². The van der Waals surface area contributed by atoms with Gasteiger partial charge < -0.3 is 20.2 Å². The molecule has 0 aliphatic rings. The smallest absolute Gasteiger partial charge is 0.257 e. The Kier molecular flexibility index (Phi) is 4.68. The number of carbonyl (C=O) groups is 1. The Balaban J connectivity index is 2.19. The summed E-state index contributed by atoms with van der Waals surface area (Å²) >= 11 is 0. The van der Waals surface area contributed by atoms with Crippen molar-refractivity contribution in [1.29, 1.82) is 0 Å². The number of hydrogen-bond donors (Lipinski definition) is 3. The maximum Gasteiger partial charge on any atom is 0.257 e. The van der Waals surface area contributed by atoms with Crippen LogP contribution in [0.1, 0.15) is 28.9 Å². The number of phenols is 2. The molecule has 0 saturated carbocycles. The molecule has 2 rings (SSSR count). The number of aliphatic hydroxyl groups excluding tert-OH is 1. The minimum absolute atomic E-state index is 0.0763. The van der Waals surface area contributed by atoms with Gasteiger partial charge in [-0.3, -0.25) is 4.79 Å². The van der Waals surface area contributed by atoms with Gasteiger partial charge in [0.2, 0.25) is 0 Å². The first-order valence-corrected chi connectivity index (χ1v) is 6.94. The Bertz CT molecular complexity index is 657. The van der Waals surface area contributed by atoms with Crippen molar-refractivity contribution in [2.75, 3.05) is 7.05 Å². The number of benzene rings is 2.